The van der Waals surface area contributed by atoms with E-state index in [9.17, 15) is 0 Å². The lowest BCUT2D eigenvalue weighted by molar-refractivity contribution is -0.704. The molecule has 0 aliphatic heterocycles. The van der Waals surface area contributed by atoms with Crippen LogP contribution in [0.5, 0.6) is 0 Å². The summed E-state index contributed by atoms with van der Waals surface area (Å²) in [7, 11) is 0. The molecule has 0 saturated carbocycles. The summed E-state index contributed by atoms with van der Waals surface area (Å²) in [4.78, 5) is 0. The molecule has 0 bridgehead atoms. The van der Waals surface area contributed by atoms with E-state index in [1.54, 1.807) is 5.82 Å². The molecule has 25 heavy (non-hydrogen) atoms. The summed E-state index contributed by atoms with van der Waals surface area (Å²) >= 11 is 0. The van der Waals surface area contributed by atoms with Crippen LogP contribution in [0.3, 0.4) is 0 Å². The Labute approximate surface area is 158 Å². The van der Waals surface area contributed by atoms with E-state index in [4.69, 9.17) is 0 Å². The highest BCUT2D eigenvalue weighted by Crippen LogP contribution is 2.10. The molecule has 1 aromatic rings. The molecule has 0 aliphatic carbocycles. The molecule has 146 valence electrons. The first-order valence-electron chi connectivity index (χ1n) is 11.4. The Morgan fingerprint density at radius 1 is 0.680 bits per heavy atom. The molecule has 0 aromatic carbocycles. The molecule has 2 heteroatoms. The van der Waals surface area contributed by atoms with Gasteiger partial charge in [-0.2, -0.15) is 0 Å². The summed E-state index contributed by atoms with van der Waals surface area (Å²) in [6.45, 7) is 9.33. The number of hydrogen-bond donors (Lipinski definition) is 0. The molecule has 1 heterocycles. The first kappa shape index (κ1) is 22.3. The third-order valence-electron chi connectivity index (χ3n) is 5.35. The summed E-state index contributed by atoms with van der Waals surface area (Å²) in [5.74, 6) is 1.58. The van der Waals surface area contributed by atoms with Gasteiger partial charge in [-0.25, -0.2) is 9.13 Å². The van der Waals surface area contributed by atoms with Gasteiger partial charge in [-0.05, 0) is 32.1 Å². The fraction of sp³-hybridized carbons (Fsp3) is 0.870. The highest BCUT2D eigenvalue weighted by molar-refractivity contribution is 4.84. The van der Waals surface area contributed by atoms with Crippen molar-refractivity contribution in [3.05, 3.63) is 18.2 Å². The molecular formula is C23H45N2+. The second-order valence-corrected chi connectivity index (χ2v) is 7.74. The standard InChI is InChI=1S/C23H45N2/c1-4-7-10-13-14-17-20-25-22-21-24(19-16-12-9-6-3)23(25)18-15-11-8-5-2/h21-22H,4-20H2,1-3H3/q+1. The van der Waals surface area contributed by atoms with Crippen molar-refractivity contribution in [3.63, 3.8) is 0 Å². The highest BCUT2D eigenvalue weighted by Gasteiger charge is 2.16. The van der Waals surface area contributed by atoms with Crippen LogP contribution in [0.4, 0.5) is 0 Å². The van der Waals surface area contributed by atoms with Gasteiger partial charge in [0.25, 0.3) is 5.82 Å². The van der Waals surface area contributed by atoms with Gasteiger partial charge in [0.2, 0.25) is 0 Å². The maximum absolute atomic E-state index is 2.56. The molecule has 0 spiro atoms. The molecule has 2 nitrogen and oxygen atoms in total. The Bertz CT molecular complexity index is 408. The minimum Gasteiger partial charge on any atom is -0.234 e. The lowest BCUT2D eigenvalue weighted by atomic mass is 10.1. The number of imidazole rings is 1. The number of aromatic nitrogens is 2. The number of aryl methyl sites for hydroxylation is 2. The Balaban J connectivity index is 2.47. The first-order valence-corrected chi connectivity index (χ1v) is 11.4. The minimum absolute atomic E-state index is 1.21. The van der Waals surface area contributed by atoms with Crippen LogP contribution in [0.1, 0.15) is 116 Å². The largest absolute Gasteiger partial charge is 0.256 e. The van der Waals surface area contributed by atoms with Gasteiger partial charge in [0, 0.05) is 6.42 Å². The van der Waals surface area contributed by atoms with Crippen molar-refractivity contribution in [1.82, 2.24) is 4.57 Å². The van der Waals surface area contributed by atoms with Crippen molar-refractivity contribution in [3.8, 4) is 0 Å². The van der Waals surface area contributed by atoms with E-state index in [1.165, 1.54) is 109 Å². The quantitative estimate of drug-likeness (QED) is 0.215. The predicted octanol–water partition coefficient (Wildman–Crippen LogP) is 6.84. The molecule has 1 aromatic heterocycles. The third kappa shape index (κ3) is 10.1. The molecule has 0 atom stereocenters. The van der Waals surface area contributed by atoms with Crippen LogP contribution in [-0.2, 0) is 19.5 Å². The zero-order valence-electron chi connectivity index (χ0n) is 17.6. The lowest BCUT2D eigenvalue weighted by Crippen LogP contribution is -2.37. The molecule has 0 radical (unpaired) electrons. The molecule has 0 N–H and O–H groups in total. The van der Waals surface area contributed by atoms with Gasteiger partial charge in [0.05, 0.1) is 13.1 Å². The first-order chi connectivity index (χ1) is 12.3. The van der Waals surface area contributed by atoms with E-state index >= 15 is 0 Å². The summed E-state index contributed by atoms with van der Waals surface area (Å²) in [5, 5.41) is 0. The lowest BCUT2D eigenvalue weighted by Gasteiger charge is -2.06. The Hall–Kier alpha value is -0.790. The fourth-order valence-electron chi connectivity index (χ4n) is 3.67. The molecule has 0 unspecified atom stereocenters. The van der Waals surface area contributed by atoms with Crippen LogP contribution in [0.15, 0.2) is 12.4 Å². The molecule has 0 amide bonds. The van der Waals surface area contributed by atoms with Crippen LogP contribution < -0.4 is 4.57 Å². The second kappa shape index (κ2) is 15.5. The molecule has 0 aliphatic rings. The van der Waals surface area contributed by atoms with E-state index in [0.717, 1.165) is 0 Å². The molecule has 1 rings (SSSR count). The maximum Gasteiger partial charge on any atom is 0.256 e. The van der Waals surface area contributed by atoms with Gasteiger partial charge < -0.3 is 0 Å². The molecule has 0 saturated heterocycles. The van der Waals surface area contributed by atoms with Crippen molar-refractivity contribution < 1.29 is 4.57 Å². The minimum atomic E-state index is 1.21. The van der Waals surface area contributed by atoms with Crippen LogP contribution in [0.2, 0.25) is 0 Å². The average Bonchev–Trinajstić information content (AvgIpc) is 3.00. The SMILES string of the molecule is CCCCCCCCn1cc[n+](CCCCCC)c1CCCCCC. The predicted molar refractivity (Wildman–Crippen MR) is 110 cm³/mol. The van der Waals surface area contributed by atoms with Gasteiger partial charge in [0.15, 0.2) is 0 Å². The van der Waals surface area contributed by atoms with Crippen LogP contribution >= 0.6 is 0 Å². The van der Waals surface area contributed by atoms with Crippen LogP contribution in [-0.4, -0.2) is 4.57 Å². The average molecular weight is 350 g/mol. The monoisotopic (exact) mass is 349 g/mol. The van der Waals surface area contributed by atoms with Crippen LogP contribution in [0.25, 0.3) is 0 Å². The van der Waals surface area contributed by atoms with Gasteiger partial charge in [0.1, 0.15) is 12.4 Å². The summed E-state index contributed by atoms with van der Waals surface area (Å²) in [6.07, 6.45) is 25.1. The second-order valence-electron chi connectivity index (χ2n) is 7.74. The smallest absolute Gasteiger partial charge is 0.234 e. The van der Waals surface area contributed by atoms with E-state index in [0.29, 0.717) is 0 Å². The summed E-state index contributed by atoms with van der Waals surface area (Å²) in [5.41, 5.74) is 0. The van der Waals surface area contributed by atoms with Crippen molar-refractivity contribution in [2.45, 2.75) is 130 Å². The maximum atomic E-state index is 2.56. The number of nitrogens with zero attached hydrogens (tertiary/aromatic N) is 2. The zero-order chi connectivity index (χ0) is 18.2. The Morgan fingerprint density at radius 2 is 1.24 bits per heavy atom. The number of unbranched alkanes of at least 4 members (excludes halogenated alkanes) is 11. The van der Waals surface area contributed by atoms with E-state index in [-0.39, 0.29) is 0 Å². The Morgan fingerprint density at radius 3 is 1.92 bits per heavy atom. The van der Waals surface area contributed by atoms with Gasteiger partial charge in [-0.1, -0.05) is 78.6 Å². The van der Waals surface area contributed by atoms with Crippen molar-refractivity contribution >= 4 is 0 Å². The third-order valence-corrected chi connectivity index (χ3v) is 5.35. The van der Waals surface area contributed by atoms with Crippen molar-refractivity contribution in [2.24, 2.45) is 0 Å². The van der Waals surface area contributed by atoms with Crippen LogP contribution in [0, 0.1) is 0 Å². The number of hydrogen-bond acceptors (Lipinski definition) is 0. The highest BCUT2D eigenvalue weighted by atomic mass is 15.1. The van der Waals surface area contributed by atoms with Crippen molar-refractivity contribution in [1.29, 1.82) is 0 Å². The van der Waals surface area contributed by atoms with Gasteiger partial charge in [-0.15, -0.1) is 0 Å². The van der Waals surface area contributed by atoms with Gasteiger partial charge >= 0.3 is 0 Å². The van der Waals surface area contributed by atoms with E-state index in [2.05, 4.69) is 42.3 Å². The fourth-order valence-corrected chi connectivity index (χ4v) is 3.67. The normalized spacial score (nSPS) is 11.3. The zero-order valence-corrected chi connectivity index (χ0v) is 17.6. The van der Waals surface area contributed by atoms with E-state index < -0.39 is 0 Å². The Kier molecular flexibility index (Phi) is 13.8. The van der Waals surface area contributed by atoms with Gasteiger partial charge in [-0.3, -0.25) is 0 Å². The molecular weight excluding hydrogens is 304 g/mol. The topological polar surface area (TPSA) is 8.81 Å². The summed E-state index contributed by atoms with van der Waals surface area (Å²) in [6, 6.07) is 0. The number of rotatable bonds is 17. The molecule has 0 fully saturated rings. The van der Waals surface area contributed by atoms with Crippen molar-refractivity contribution in [2.75, 3.05) is 0 Å². The summed E-state index contributed by atoms with van der Waals surface area (Å²) < 4.78 is 5.12. The van der Waals surface area contributed by atoms with E-state index in [1.807, 2.05) is 0 Å².